The van der Waals surface area contributed by atoms with E-state index in [9.17, 15) is 9.59 Å². The number of hydrogen-bond acceptors (Lipinski definition) is 7. The van der Waals surface area contributed by atoms with Gasteiger partial charge in [-0.1, -0.05) is 31.4 Å². The maximum absolute atomic E-state index is 14.3. The van der Waals surface area contributed by atoms with Gasteiger partial charge < -0.3 is 19.5 Å². The number of hydrogen-bond donors (Lipinski definition) is 1. The Morgan fingerprint density at radius 1 is 1.03 bits per heavy atom. The van der Waals surface area contributed by atoms with Crippen LogP contribution < -0.4 is 24.4 Å². The molecular formula is C29H33N3O5S. The van der Waals surface area contributed by atoms with E-state index in [2.05, 4.69) is 10.3 Å². The lowest BCUT2D eigenvalue weighted by atomic mass is 9.94. The van der Waals surface area contributed by atoms with Gasteiger partial charge >= 0.3 is 0 Å². The summed E-state index contributed by atoms with van der Waals surface area (Å²) in [5, 5.41) is 4.04. The second-order valence-corrected chi connectivity index (χ2v) is 10.9. The standard InChI is InChI=1S/C29H33N3O5S/c1-18-27(38-19(2)30-18)29(34)32(22-11-14-24-25(17-22)37-16-15-36-24)26(20-9-12-23(35-3)13-10-20)28(33)31-21-7-5-4-6-8-21/h9-14,17,21,26H,4-8,15-16H2,1-3H3,(H,31,33)/t26-/m1/s1. The molecular weight excluding hydrogens is 502 g/mol. The molecule has 3 aromatic rings. The van der Waals surface area contributed by atoms with Gasteiger partial charge in [-0.3, -0.25) is 14.5 Å². The van der Waals surface area contributed by atoms with E-state index in [1.165, 1.54) is 17.8 Å². The van der Waals surface area contributed by atoms with E-state index in [0.29, 0.717) is 52.3 Å². The molecule has 0 unspecified atom stereocenters. The molecule has 1 aliphatic heterocycles. The number of benzene rings is 2. The summed E-state index contributed by atoms with van der Waals surface area (Å²) >= 11 is 1.33. The van der Waals surface area contributed by atoms with Crippen LogP contribution in [0, 0.1) is 13.8 Å². The van der Waals surface area contributed by atoms with Crippen LogP contribution in [0.25, 0.3) is 0 Å². The highest BCUT2D eigenvalue weighted by Crippen LogP contribution is 2.39. The molecule has 1 aliphatic carbocycles. The molecule has 1 N–H and O–H groups in total. The second kappa shape index (κ2) is 11.4. The van der Waals surface area contributed by atoms with E-state index in [-0.39, 0.29) is 17.9 Å². The lowest BCUT2D eigenvalue weighted by Gasteiger charge is -2.34. The van der Waals surface area contributed by atoms with Crippen LogP contribution in [0.5, 0.6) is 17.2 Å². The Morgan fingerprint density at radius 2 is 1.74 bits per heavy atom. The summed E-state index contributed by atoms with van der Waals surface area (Å²) in [4.78, 5) is 34.9. The number of aromatic nitrogens is 1. The van der Waals surface area contributed by atoms with Gasteiger partial charge in [0.1, 0.15) is 29.9 Å². The fraction of sp³-hybridized carbons (Fsp3) is 0.414. The van der Waals surface area contributed by atoms with Gasteiger partial charge in [-0.25, -0.2) is 4.98 Å². The molecule has 0 saturated heterocycles. The van der Waals surface area contributed by atoms with E-state index >= 15 is 0 Å². The van der Waals surface area contributed by atoms with Crippen molar-refractivity contribution in [3.8, 4) is 17.2 Å². The number of amides is 2. The van der Waals surface area contributed by atoms with E-state index in [1.54, 1.807) is 30.2 Å². The minimum absolute atomic E-state index is 0.0848. The fourth-order valence-electron chi connectivity index (χ4n) is 5.14. The third kappa shape index (κ3) is 5.48. The monoisotopic (exact) mass is 535 g/mol. The van der Waals surface area contributed by atoms with Gasteiger partial charge in [0.05, 0.1) is 17.8 Å². The molecule has 1 atom stereocenters. The van der Waals surface area contributed by atoms with Crippen LogP contribution in [0.2, 0.25) is 0 Å². The summed E-state index contributed by atoms with van der Waals surface area (Å²) in [5.41, 5.74) is 1.87. The summed E-state index contributed by atoms with van der Waals surface area (Å²) in [6.07, 6.45) is 5.23. The molecule has 38 heavy (non-hydrogen) atoms. The number of nitrogens with zero attached hydrogens (tertiary/aromatic N) is 2. The smallest absolute Gasteiger partial charge is 0.271 e. The molecule has 1 saturated carbocycles. The van der Waals surface area contributed by atoms with Crippen molar-refractivity contribution < 1.29 is 23.8 Å². The van der Waals surface area contributed by atoms with Crippen LogP contribution in [0.4, 0.5) is 5.69 Å². The Kier molecular flexibility index (Phi) is 7.83. The minimum atomic E-state index is -0.917. The van der Waals surface area contributed by atoms with Gasteiger partial charge in [0.15, 0.2) is 11.5 Å². The summed E-state index contributed by atoms with van der Waals surface area (Å²) in [7, 11) is 1.60. The molecule has 1 aromatic heterocycles. The Balaban J connectivity index is 1.62. The Morgan fingerprint density at radius 3 is 2.39 bits per heavy atom. The lowest BCUT2D eigenvalue weighted by Crippen LogP contribution is -2.47. The molecule has 0 bridgehead atoms. The lowest BCUT2D eigenvalue weighted by molar-refractivity contribution is -0.123. The Labute approximate surface area is 226 Å². The van der Waals surface area contributed by atoms with Crippen molar-refractivity contribution in [1.29, 1.82) is 0 Å². The number of ether oxygens (including phenoxy) is 3. The normalized spacial score (nSPS) is 16.0. The molecule has 8 nitrogen and oxygen atoms in total. The zero-order valence-electron chi connectivity index (χ0n) is 22.0. The summed E-state index contributed by atoms with van der Waals surface area (Å²) in [5.74, 6) is 1.33. The number of carbonyl (C=O) groups excluding carboxylic acids is 2. The van der Waals surface area contributed by atoms with Gasteiger partial charge in [0, 0.05) is 17.8 Å². The predicted octanol–water partition coefficient (Wildman–Crippen LogP) is 5.38. The predicted molar refractivity (Wildman–Crippen MR) is 147 cm³/mol. The first kappa shape index (κ1) is 26.0. The molecule has 2 amide bonds. The highest BCUT2D eigenvalue weighted by atomic mass is 32.1. The molecule has 2 aromatic carbocycles. The van der Waals surface area contributed by atoms with Gasteiger partial charge in [0.2, 0.25) is 5.91 Å². The van der Waals surface area contributed by atoms with Crippen LogP contribution in [0.1, 0.15) is 64.1 Å². The first-order valence-electron chi connectivity index (χ1n) is 13.1. The van der Waals surface area contributed by atoms with E-state index < -0.39 is 6.04 Å². The molecule has 2 aliphatic rings. The third-order valence-corrected chi connectivity index (χ3v) is 8.07. The summed E-state index contributed by atoms with van der Waals surface area (Å²) in [6, 6.07) is 11.8. The number of aryl methyl sites for hydroxylation is 2. The second-order valence-electron chi connectivity index (χ2n) is 9.67. The number of rotatable bonds is 7. The molecule has 1 fully saturated rings. The van der Waals surface area contributed by atoms with Crippen molar-refractivity contribution in [3.63, 3.8) is 0 Å². The highest BCUT2D eigenvalue weighted by molar-refractivity contribution is 7.13. The van der Waals surface area contributed by atoms with Crippen molar-refractivity contribution >= 4 is 28.8 Å². The number of methoxy groups -OCH3 is 1. The average molecular weight is 536 g/mol. The van der Waals surface area contributed by atoms with Crippen molar-refractivity contribution in [1.82, 2.24) is 10.3 Å². The number of carbonyl (C=O) groups is 2. The summed E-state index contributed by atoms with van der Waals surface area (Å²) < 4.78 is 16.9. The molecule has 9 heteroatoms. The zero-order chi connectivity index (χ0) is 26.6. The highest BCUT2D eigenvalue weighted by Gasteiger charge is 2.36. The minimum Gasteiger partial charge on any atom is -0.497 e. The maximum atomic E-state index is 14.3. The fourth-order valence-corrected chi connectivity index (χ4v) is 5.99. The Hall–Kier alpha value is -3.59. The van der Waals surface area contributed by atoms with Crippen LogP contribution in [-0.4, -0.2) is 43.2 Å². The third-order valence-electron chi connectivity index (χ3n) is 7.01. The van der Waals surface area contributed by atoms with Crippen LogP contribution in [0.3, 0.4) is 0 Å². The summed E-state index contributed by atoms with van der Waals surface area (Å²) in [6.45, 7) is 4.58. The van der Waals surface area contributed by atoms with Gasteiger partial charge in [0.25, 0.3) is 5.91 Å². The average Bonchev–Trinajstić information content (AvgIpc) is 3.29. The quantitative estimate of drug-likeness (QED) is 0.437. The van der Waals surface area contributed by atoms with E-state index in [0.717, 1.165) is 30.7 Å². The zero-order valence-corrected chi connectivity index (χ0v) is 22.8. The number of nitrogens with one attached hydrogen (secondary N) is 1. The molecule has 5 rings (SSSR count). The molecule has 2 heterocycles. The van der Waals surface area contributed by atoms with Crippen molar-refractivity contribution in [2.24, 2.45) is 0 Å². The van der Waals surface area contributed by atoms with Crippen molar-refractivity contribution in [2.75, 3.05) is 25.2 Å². The number of anilines is 1. The van der Waals surface area contributed by atoms with Crippen LogP contribution in [0.15, 0.2) is 42.5 Å². The number of fused-ring (bicyclic) bond motifs is 1. The molecule has 0 radical (unpaired) electrons. The first-order valence-corrected chi connectivity index (χ1v) is 13.9. The van der Waals surface area contributed by atoms with E-state index in [1.807, 2.05) is 38.1 Å². The maximum Gasteiger partial charge on any atom is 0.271 e. The van der Waals surface area contributed by atoms with Gasteiger partial charge in [-0.15, -0.1) is 11.3 Å². The van der Waals surface area contributed by atoms with Crippen molar-refractivity contribution in [2.45, 2.75) is 58.0 Å². The van der Waals surface area contributed by atoms with E-state index in [4.69, 9.17) is 14.2 Å². The molecule has 200 valence electrons. The SMILES string of the molecule is COc1ccc([C@H](C(=O)NC2CCCCC2)N(C(=O)c2sc(C)nc2C)c2ccc3c(c2)OCCO3)cc1. The molecule has 0 spiro atoms. The topological polar surface area (TPSA) is 90.0 Å². The van der Waals surface area contributed by atoms with Crippen molar-refractivity contribution in [3.05, 3.63) is 63.6 Å². The first-order chi connectivity index (χ1) is 18.4. The number of thiazole rings is 1. The van der Waals surface area contributed by atoms with Gasteiger partial charge in [-0.2, -0.15) is 0 Å². The van der Waals surface area contributed by atoms with Crippen LogP contribution >= 0.6 is 11.3 Å². The largest absolute Gasteiger partial charge is 0.497 e. The van der Waals surface area contributed by atoms with Gasteiger partial charge in [-0.05, 0) is 56.5 Å². The van der Waals surface area contributed by atoms with Crippen LogP contribution in [-0.2, 0) is 4.79 Å². The Bertz CT molecular complexity index is 1300.